The summed E-state index contributed by atoms with van der Waals surface area (Å²) in [7, 11) is -1.49. The van der Waals surface area contributed by atoms with Crippen LogP contribution in [0.1, 0.15) is 19.8 Å². The first-order chi connectivity index (χ1) is 4.81. The first-order valence-corrected chi connectivity index (χ1v) is 5.39. The molecule has 0 heterocycles. The highest BCUT2D eigenvalue weighted by atomic mass is 31.1. The Balaban J connectivity index is 3.09. The van der Waals surface area contributed by atoms with E-state index >= 15 is 0 Å². The highest BCUT2D eigenvalue weighted by molar-refractivity contribution is 7.42. The summed E-state index contributed by atoms with van der Waals surface area (Å²) in [5.41, 5.74) is 5.22. The third kappa shape index (κ3) is 6.27. The fraction of sp³-hybridized carbons (Fsp3) is 1.00. The van der Waals surface area contributed by atoms with Gasteiger partial charge in [0, 0.05) is 19.3 Å². The summed E-state index contributed by atoms with van der Waals surface area (Å²) in [6.45, 7) is 3.35. The van der Waals surface area contributed by atoms with Crippen molar-refractivity contribution < 1.29 is 4.57 Å². The van der Waals surface area contributed by atoms with E-state index in [1.165, 1.54) is 0 Å². The summed E-state index contributed by atoms with van der Waals surface area (Å²) < 4.78 is 11.0. The second kappa shape index (κ2) is 7.26. The van der Waals surface area contributed by atoms with Gasteiger partial charge >= 0.3 is 0 Å². The molecule has 0 fully saturated rings. The SMILES string of the molecule is CCCC[PH](=O)NCCN. The Morgan fingerprint density at radius 3 is 2.80 bits per heavy atom. The lowest BCUT2D eigenvalue weighted by atomic mass is 10.4. The van der Waals surface area contributed by atoms with Gasteiger partial charge < -0.3 is 10.3 Å². The molecule has 0 aliphatic heterocycles. The van der Waals surface area contributed by atoms with Gasteiger partial charge in [-0.05, 0) is 6.42 Å². The maximum Gasteiger partial charge on any atom is 0.136 e. The van der Waals surface area contributed by atoms with Crippen LogP contribution in [0.2, 0.25) is 0 Å². The molecule has 0 aliphatic rings. The van der Waals surface area contributed by atoms with Crippen molar-refractivity contribution in [3.8, 4) is 0 Å². The molecule has 10 heavy (non-hydrogen) atoms. The third-order valence-corrected chi connectivity index (χ3v) is 2.68. The molecule has 0 radical (unpaired) electrons. The van der Waals surface area contributed by atoms with Crippen molar-refractivity contribution in [2.45, 2.75) is 19.8 Å². The molecule has 62 valence electrons. The van der Waals surface area contributed by atoms with E-state index in [2.05, 4.69) is 12.0 Å². The fourth-order valence-electron chi connectivity index (χ4n) is 0.637. The van der Waals surface area contributed by atoms with Crippen LogP contribution in [0.25, 0.3) is 0 Å². The van der Waals surface area contributed by atoms with Crippen molar-refractivity contribution in [3.05, 3.63) is 0 Å². The zero-order valence-corrected chi connectivity index (χ0v) is 7.52. The first kappa shape index (κ1) is 10.2. The molecular formula is C6H17N2OP. The largest absolute Gasteiger partial charge is 0.329 e. The second-order valence-electron chi connectivity index (χ2n) is 2.24. The van der Waals surface area contributed by atoms with E-state index in [9.17, 15) is 4.57 Å². The normalized spacial score (nSPS) is 13.4. The third-order valence-electron chi connectivity index (χ3n) is 1.22. The Hall–Kier alpha value is 0.150. The topological polar surface area (TPSA) is 55.1 Å². The molecule has 1 unspecified atom stereocenters. The lowest BCUT2D eigenvalue weighted by molar-refractivity contribution is 0.577. The van der Waals surface area contributed by atoms with Crippen molar-refractivity contribution >= 4 is 7.95 Å². The lowest BCUT2D eigenvalue weighted by Crippen LogP contribution is -2.16. The molecule has 0 saturated carbocycles. The van der Waals surface area contributed by atoms with Crippen LogP contribution in [0.15, 0.2) is 0 Å². The monoisotopic (exact) mass is 164 g/mol. The summed E-state index contributed by atoms with van der Waals surface area (Å²) in [5, 5.41) is 2.89. The van der Waals surface area contributed by atoms with Gasteiger partial charge in [0.2, 0.25) is 0 Å². The number of unbranched alkanes of at least 4 members (excludes halogenated alkanes) is 1. The predicted octanol–water partition coefficient (Wildman–Crippen LogP) is 0.810. The number of hydrogen-bond acceptors (Lipinski definition) is 2. The average molecular weight is 164 g/mol. The van der Waals surface area contributed by atoms with Crippen LogP contribution in [0.4, 0.5) is 0 Å². The highest BCUT2D eigenvalue weighted by Gasteiger charge is 1.94. The zero-order chi connectivity index (χ0) is 7.82. The molecule has 0 aromatic carbocycles. The molecule has 0 aliphatic carbocycles. The van der Waals surface area contributed by atoms with Crippen molar-refractivity contribution in [3.63, 3.8) is 0 Å². The Bertz CT molecular complexity index is 87.7. The van der Waals surface area contributed by atoms with E-state index in [4.69, 9.17) is 5.73 Å². The van der Waals surface area contributed by atoms with E-state index in [1.54, 1.807) is 0 Å². The van der Waals surface area contributed by atoms with Crippen LogP contribution >= 0.6 is 7.95 Å². The molecule has 0 amide bonds. The Labute approximate surface area is 63.2 Å². The molecule has 3 nitrogen and oxygen atoms in total. The predicted molar refractivity (Wildman–Crippen MR) is 45.8 cm³/mol. The summed E-state index contributed by atoms with van der Waals surface area (Å²) >= 11 is 0. The Morgan fingerprint density at radius 1 is 1.60 bits per heavy atom. The van der Waals surface area contributed by atoms with Gasteiger partial charge in [-0.25, -0.2) is 0 Å². The molecule has 1 atom stereocenters. The molecular weight excluding hydrogens is 147 g/mol. The summed E-state index contributed by atoms with van der Waals surface area (Å²) in [4.78, 5) is 0. The van der Waals surface area contributed by atoms with Gasteiger partial charge in [-0.3, -0.25) is 5.09 Å². The molecule has 0 aromatic rings. The number of nitrogens with one attached hydrogen (secondary N) is 1. The van der Waals surface area contributed by atoms with Gasteiger partial charge in [-0.1, -0.05) is 13.3 Å². The van der Waals surface area contributed by atoms with E-state index < -0.39 is 7.95 Å². The van der Waals surface area contributed by atoms with Gasteiger partial charge in [-0.2, -0.15) is 0 Å². The highest BCUT2D eigenvalue weighted by Crippen LogP contribution is 2.15. The van der Waals surface area contributed by atoms with Crippen LogP contribution < -0.4 is 10.8 Å². The summed E-state index contributed by atoms with van der Waals surface area (Å²) in [6, 6.07) is 0. The van der Waals surface area contributed by atoms with Gasteiger partial charge in [-0.15, -0.1) is 0 Å². The Morgan fingerprint density at radius 2 is 2.30 bits per heavy atom. The Kier molecular flexibility index (Phi) is 7.37. The van der Waals surface area contributed by atoms with Crippen LogP contribution in [0, 0.1) is 0 Å². The fourth-order valence-corrected chi connectivity index (χ4v) is 1.91. The standard InChI is InChI=1S/C6H17N2OP/c1-2-3-6-10(9)8-5-4-7/h10H,2-7H2,1H3,(H,8,9). The number of rotatable bonds is 6. The van der Waals surface area contributed by atoms with E-state index in [0.717, 1.165) is 19.0 Å². The second-order valence-corrected chi connectivity index (χ2v) is 3.94. The van der Waals surface area contributed by atoms with Crippen molar-refractivity contribution in [1.82, 2.24) is 5.09 Å². The van der Waals surface area contributed by atoms with E-state index in [0.29, 0.717) is 13.1 Å². The van der Waals surface area contributed by atoms with Gasteiger partial charge in [0.05, 0.1) is 0 Å². The molecule has 0 aromatic heterocycles. The van der Waals surface area contributed by atoms with Crippen molar-refractivity contribution in [2.24, 2.45) is 5.73 Å². The summed E-state index contributed by atoms with van der Waals surface area (Å²) in [6.07, 6.45) is 2.98. The van der Waals surface area contributed by atoms with Crippen molar-refractivity contribution in [2.75, 3.05) is 19.3 Å². The molecule has 4 heteroatoms. The zero-order valence-electron chi connectivity index (χ0n) is 6.52. The molecule has 3 N–H and O–H groups in total. The van der Waals surface area contributed by atoms with Gasteiger partial charge in [0.25, 0.3) is 0 Å². The number of nitrogens with two attached hydrogens (primary N) is 1. The van der Waals surface area contributed by atoms with Crippen LogP contribution in [-0.2, 0) is 4.57 Å². The minimum atomic E-state index is -1.49. The molecule has 0 saturated heterocycles. The van der Waals surface area contributed by atoms with Gasteiger partial charge in [0.1, 0.15) is 7.95 Å². The number of hydrogen-bond donors (Lipinski definition) is 2. The van der Waals surface area contributed by atoms with Crippen LogP contribution in [-0.4, -0.2) is 19.3 Å². The van der Waals surface area contributed by atoms with Crippen LogP contribution in [0.5, 0.6) is 0 Å². The summed E-state index contributed by atoms with van der Waals surface area (Å²) in [5.74, 6) is 0. The molecule has 0 spiro atoms. The quantitative estimate of drug-likeness (QED) is 0.571. The van der Waals surface area contributed by atoms with E-state index in [1.807, 2.05) is 0 Å². The maximum absolute atomic E-state index is 11.0. The molecule has 0 rings (SSSR count). The van der Waals surface area contributed by atoms with Crippen LogP contribution in [0.3, 0.4) is 0 Å². The van der Waals surface area contributed by atoms with E-state index in [-0.39, 0.29) is 0 Å². The van der Waals surface area contributed by atoms with Crippen molar-refractivity contribution in [1.29, 1.82) is 0 Å². The average Bonchev–Trinajstić information content (AvgIpc) is 1.97. The minimum Gasteiger partial charge on any atom is -0.329 e. The smallest absolute Gasteiger partial charge is 0.136 e. The van der Waals surface area contributed by atoms with Gasteiger partial charge in [0.15, 0.2) is 0 Å². The lowest BCUT2D eigenvalue weighted by Gasteiger charge is -2.00. The molecule has 0 bridgehead atoms. The first-order valence-electron chi connectivity index (χ1n) is 3.78. The minimum absolute atomic E-state index is 0.572. The maximum atomic E-state index is 11.0.